The lowest BCUT2D eigenvalue weighted by atomic mass is 10.2. The van der Waals surface area contributed by atoms with Gasteiger partial charge >= 0.3 is 0 Å². The Balaban J connectivity index is 1.71. The molecule has 0 spiro atoms. The van der Waals surface area contributed by atoms with E-state index in [0.717, 1.165) is 5.56 Å². The number of fused-ring (bicyclic) bond motifs is 1. The molecule has 8 heteroatoms. The van der Waals surface area contributed by atoms with E-state index in [1.165, 1.54) is 24.3 Å². The van der Waals surface area contributed by atoms with Crippen LogP contribution in [0, 0.1) is 10.1 Å². The first kappa shape index (κ1) is 15.8. The average molecular weight is 347 g/mol. The Morgan fingerprint density at radius 1 is 1.21 bits per heavy atom. The third-order valence-corrected chi connectivity index (χ3v) is 3.57. The van der Waals surface area contributed by atoms with Gasteiger partial charge in [0.15, 0.2) is 11.5 Å². The van der Waals surface area contributed by atoms with Crippen LogP contribution in [-0.4, -0.2) is 17.6 Å². The van der Waals surface area contributed by atoms with Gasteiger partial charge < -0.3 is 14.8 Å². The number of amides is 1. The van der Waals surface area contributed by atoms with E-state index in [2.05, 4.69) is 5.32 Å². The van der Waals surface area contributed by atoms with E-state index in [0.29, 0.717) is 11.5 Å². The molecule has 3 rings (SSSR count). The molecule has 0 saturated heterocycles. The molecule has 0 radical (unpaired) electrons. The Labute approximate surface area is 141 Å². The summed E-state index contributed by atoms with van der Waals surface area (Å²) >= 11 is 5.93. The Morgan fingerprint density at radius 2 is 2.00 bits per heavy atom. The minimum atomic E-state index is -0.561. The molecule has 1 aliphatic heterocycles. The van der Waals surface area contributed by atoms with Crippen LogP contribution in [0.3, 0.4) is 0 Å². The van der Waals surface area contributed by atoms with E-state index in [9.17, 15) is 14.9 Å². The molecular formula is C16H11ClN2O5. The quantitative estimate of drug-likeness (QED) is 0.518. The summed E-state index contributed by atoms with van der Waals surface area (Å²) in [7, 11) is 0. The summed E-state index contributed by atoms with van der Waals surface area (Å²) in [5.74, 6) is 0.800. The number of ether oxygens (including phenoxy) is 2. The summed E-state index contributed by atoms with van der Waals surface area (Å²) < 4.78 is 10.5. The van der Waals surface area contributed by atoms with Crippen molar-refractivity contribution in [2.24, 2.45) is 0 Å². The summed E-state index contributed by atoms with van der Waals surface area (Å²) in [6.45, 7) is 0.175. The highest BCUT2D eigenvalue weighted by atomic mass is 35.5. The molecule has 7 nitrogen and oxygen atoms in total. The fourth-order valence-electron chi connectivity index (χ4n) is 2.09. The number of benzene rings is 2. The van der Waals surface area contributed by atoms with Crippen molar-refractivity contribution in [3.8, 4) is 11.5 Å². The van der Waals surface area contributed by atoms with E-state index in [1.807, 2.05) is 0 Å². The molecule has 2 aromatic rings. The molecule has 0 fully saturated rings. The lowest BCUT2D eigenvalue weighted by Crippen LogP contribution is -2.08. The maximum absolute atomic E-state index is 12.0. The number of hydrogen-bond donors (Lipinski definition) is 1. The molecule has 1 aliphatic rings. The fourth-order valence-corrected chi connectivity index (χ4v) is 2.25. The van der Waals surface area contributed by atoms with Crippen LogP contribution in [0.25, 0.3) is 6.08 Å². The van der Waals surface area contributed by atoms with Gasteiger partial charge in [-0.2, -0.15) is 0 Å². The van der Waals surface area contributed by atoms with E-state index >= 15 is 0 Å². The zero-order valence-electron chi connectivity index (χ0n) is 12.2. The summed E-state index contributed by atoms with van der Waals surface area (Å²) in [6.07, 6.45) is 2.88. The third kappa shape index (κ3) is 3.47. The van der Waals surface area contributed by atoms with Crippen molar-refractivity contribution in [3.63, 3.8) is 0 Å². The monoisotopic (exact) mass is 346 g/mol. The summed E-state index contributed by atoms with van der Waals surface area (Å²) in [4.78, 5) is 22.2. The summed E-state index contributed by atoms with van der Waals surface area (Å²) in [5, 5.41) is 13.5. The molecule has 1 amide bonds. The van der Waals surface area contributed by atoms with Crippen molar-refractivity contribution < 1.29 is 19.2 Å². The van der Waals surface area contributed by atoms with Gasteiger partial charge in [0.05, 0.1) is 15.6 Å². The summed E-state index contributed by atoms with van der Waals surface area (Å²) in [6, 6.07) is 9.09. The van der Waals surface area contributed by atoms with E-state index in [4.69, 9.17) is 21.1 Å². The molecule has 0 bridgehead atoms. The Morgan fingerprint density at radius 3 is 2.79 bits per heavy atom. The third-order valence-electron chi connectivity index (χ3n) is 3.24. The number of nitrogens with zero attached hydrogens (tertiary/aromatic N) is 1. The van der Waals surface area contributed by atoms with Crippen molar-refractivity contribution in [1.82, 2.24) is 0 Å². The lowest BCUT2D eigenvalue weighted by Gasteiger charge is -2.04. The van der Waals surface area contributed by atoms with Crippen LogP contribution in [-0.2, 0) is 4.79 Å². The minimum absolute atomic E-state index is 0.158. The van der Waals surface area contributed by atoms with E-state index < -0.39 is 10.8 Å². The van der Waals surface area contributed by atoms with Crippen LogP contribution in [0.5, 0.6) is 11.5 Å². The molecule has 24 heavy (non-hydrogen) atoms. The predicted molar refractivity (Wildman–Crippen MR) is 88.3 cm³/mol. The maximum Gasteiger partial charge on any atom is 0.271 e. The second kappa shape index (κ2) is 6.59. The van der Waals surface area contributed by atoms with Crippen molar-refractivity contribution in [2.75, 3.05) is 12.1 Å². The molecular weight excluding hydrogens is 336 g/mol. The first-order valence-corrected chi connectivity index (χ1v) is 7.23. The molecule has 1 heterocycles. The van der Waals surface area contributed by atoms with Gasteiger partial charge in [0.1, 0.15) is 0 Å². The highest BCUT2D eigenvalue weighted by molar-refractivity contribution is 6.34. The Kier molecular flexibility index (Phi) is 4.35. The number of anilines is 1. The van der Waals surface area contributed by atoms with Gasteiger partial charge in [-0.3, -0.25) is 14.9 Å². The number of halogens is 1. The number of carbonyl (C=O) groups excluding carboxylic acids is 1. The normalized spacial score (nSPS) is 12.4. The molecule has 0 atom stereocenters. The van der Waals surface area contributed by atoms with Gasteiger partial charge in [-0.05, 0) is 29.8 Å². The van der Waals surface area contributed by atoms with Crippen LogP contribution in [0.15, 0.2) is 42.5 Å². The van der Waals surface area contributed by atoms with Crippen LogP contribution in [0.2, 0.25) is 5.02 Å². The van der Waals surface area contributed by atoms with E-state index in [-0.39, 0.29) is 23.2 Å². The zero-order chi connectivity index (χ0) is 17.1. The Hall–Kier alpha value is -3.06. The van der Waals surface area contributed by atoms with Gasteiger partial charge in [-0.15, -0.1) is 0 Å². The molecule has 0 unspecified atom stereocenters. The SMILES string of the molecule is O=C(C=Cc1ccc2c(c1)OCO2)Nc1cc([N+](=O)[O-])ccc1Cl. The van der Waals surface area contributed by atoms with Gasteiger partial charge in [-0.25, -0.2) is 0 Å². The van der Waals surface area contributed by atoms with Crippen LogP contribution in [0.1, 0.15) is 5.56 Å². The first-order valence-electron chi connectivity index (χ1n) is 6.85. The second-order valence-electron chi connectivity index (χ2n) is 4.86. The average Bonchev–Trinajstić information content (AvgIpc) is 3.02. The number of rotatable bonds is 4. The molecule has 122 valence electrons. The number of nitrogens with one attached hydrogen (secondary N) is 1. The highest BCUT2D eigenvalue weighted by Crippen LogP contribution is 2.32. The van der Waals surface area contributed by atoms with Gasteiger partial charge in [0.2, 0.25) is 12.7 Å². The first-order chi connectivity index (χ1) is 11.5. The van der Waals surface area contributed by atoms with Gasteiger partial charge in [0, 0.05) is 18.2 Å². The second-order valence-corrected chi connectivity index (χ2v) is 5.26. The van der Waals surface area contributed by atoms with Crippen LogP contribution in [0.4, 0.5) is 11.4 Å². The number of hydrogen-bond acceptors (Lipinski definition) is 5. The molecule has 0 aromatic heterocycles. The van der Waals surface area contributed by atoms with Crippen LogP contribution < -0.4 is 14.8 Å². The number of nitro benzene ring substituents is 1. The fraction of sp³-hybridized carbons (Fsp3) is 0.0625. The number of non-ortho nitro benzene ring substituents is 1. The van der Waals surface area contributed by atoms with E-state index in [1.54, 1.807) is 24.3 Å². The van der Waals surface area contributed by atoms with Gasteiger partial charge in [-0.1, -0.05) is 17.7 Å². The lowest BCUT2D eigenvalue weighted by molar-refractivity contribution is -0.384. The molecule has 2 aromatic carbocycles. The topological polar surface area (TPSA) is 90.7 Å². The predicted octanol–water partition coefficient (Wildman–Crippen LogP) is 3.63. The standard InChI is InChI=1S/C16H11ClN2O5/c17-12-4-3-11(19(21)22)8-13(12)18-16(20)6-2-10-1-5-14-15(7-10)24-9-23-14/h1-8H,9H2,(H,18,20). The minimum Gasteiger partial charge on any atom is -0.454 e. The van der Waals surface area contributed by atoms with Crippen molar-refractivity contribution in [2.45, 2.75) is 0 Å². The largest absolute Gasteiger partial charge is 0.454 e. The van der Waals surface area contributed by atoms with Crippen LogP contribution >= 0.6 is 11.6 Å². The number of carbonyl (C=O) groups is 1. The summed E-state index contributed by atoms with van der Waals surface area (Å²) in [5.41, 5.74) is 0.764. The molecule has 1 N–H and O–H groups in total. The Bertz CT molecular complexity index is 850. The zero-order valence-corrected chi connectivity index (χ0v) is 12.9. The van der Waals surface area contributed by atoms with Gasteiger partial charge in [0.25, 0.3) is 5.69 Å². The molecule has 0 aliphatic carbocycles. The van der Waals surface area contributed by atoms with Crippen molar-refractivity contribution in [1.29, 1.82) is 0 Å². The smallest absolute Gasteiger partial charge is 0.271 e. The van der Waals surface area contributed by atoms with Crippen molar-refractivity contribution in [3.05, 3.63) is 63.2 Å². The number of nitro groups is 1. The van der Waals surface area contributed by atoms with Crippen molar-refractivity contribution >= 4 is 35.0 Å². The highest BCUT2D eigenvalue weighted by Gasteiger charge is 2.13. The maximum atomic E-state index is 12.0. The molecule has 0 saturated carbocycles.